The molecule has 1 heterocycles. The number of hydrogen-bond acceptors (Lipinski definition) is 2. The normalized spacial score (nSPS) is 20.5. The molecule has 0 amide bonds. The van der Waals surface area contributed by atoms with Gasteiger partial charge in [-0.25, -0.2) is 13.2 Å². The highest BCUT2D eigenvalue weighted by Crippen LogP contribution is 2.34. The third kappa shape index (κ3) is 5.05. The molecule has 3 aromatic carbocycles. The Morgan fingerprint density at radius 3 is 1.88 bits per heavy atom. The average Bonchev–Trinajstić information content (AvgIpc) is 2.85. The van der Waals surface area contributed by atoms with Crippen molar-refractivity contribution in [1.29, 1.82) is 0 Å². The van der Waals surface area contributed by atoms with Crippen LogP contribution in [0.3, 0.4) is 0 Å². The molecule has 0 aromatic heterocycles. The maximum Gasteiger partial charge on any atom is 0.184 e. The van der Waals surface area contributed by atoms with E-state index in [9.17, 15) is 13.2 Å². The van der Waals surface area contributed by atoms with E-state index in [-0.39, 0.29) is 24.3 Å². The lowest BCUT2D eigenvalue weighted by Crippen LogP contribution is -2.40. The minimum absolute atomic E-state index is 0.0353. The van der Waals surface area contributed by atoms with Gasteiger partial charge in [0.15, 0.2) is 23.6 Å². The first-order valence-electron chi connectivity index (χ1n) is 11.1. The summed E-state index contributed by atoms with van der Waals surface area (Å²) in [5.74, 6) is -1.78. The number of allylic oxidation sites excluding steroid dienone is 1. The number of halogens is 3. The molecule has 2 nitrogen and oxygen atoms in total. The average molecular weight is 453 g/mol. The maximum atomic E-state index is 15.0. The summed E-state index contributed by atoms with van der Waals surface area (Å²) in [7, 11) is 0. The Morgan fingerprint density at radius 2 is 1.39 bits per heavy atom. The van der Waals surface area contributed by atoms with Gasteiger partial charge in [-0.2, -0.15) is 0 Å². The Morgan fingerprint density at radius 1 is 0.879 bits per heavy atom. The van der Waals surface area contributed by atoms with Crippen LogP contribution in [0.1, 0.15) is 37.2 Å². The van der Waals surface area contributed by atoms with E-state index >= 15 is 0 Å². The summed E-state index contributed by atoms with van der Waals surface area (Å²) in [6.07, 6.45) is 3.22. The van der Waals surface area contributed by atoms with Gasteiger partial charge in [-0.15, -0.1) is 6.58 Å². The summed E-state index contributed by atoms with van der Waals surface area (Å²) in [6.45, 7) is 5.39. The molecule has 0 spiro atoms. The minimum atomic E-state index is -1.47. The minimum Gasteiger partial charge on any atom is -0.345 e. The lowest BCUT2D eigenvalue weighted by molar-refractivity contribution is -0.238. The van der Waals surface area contributed by atoms with Crippen molar-refractivity contribution in [2.75, 3.05) is 13.2 Å². The Labute approximate surface area is 192 Å². The lowest BCUT2D eigenvalue weighted by Gasteiger charge is -2.33. The van der Waals surface area contributed by atoms with Gasteiger partial charge >= 0.3 is 0 Å². The zero-order chi connectivity index (χ0) is 23.4. The molecule has 1 aliphatic heterocycles. The molecule has 0 bridgehead atoms. The number of benzene rings is 3. The summed E-state index contributed by atoms with van der Waals surface area (Å²) in [5.41, 5.74) is 1.90. The van der Waals surface area contributed by atoms with Gasteiger partial charge in [0, 0.05) is 16.7 Å². The van der Waals surface area contributed by atoms with Crippen LogP contribution in [0.5, 0.6) is 0 Å². The molecule has 1 fully saturated rings. The molecule has 1 saturated heterocycles. The monoisotopic (exact) mass is 452 g/mol. The van der Waals surface area contributed by atoms with Crippen molar-refractivity contribution in [3.8, 4) is 22.3 Å². The topological polar surface area (TPSA) is 18.5 Å². The molecule has 172 valence electrons. The highest BCUT2D eigenvalue weighted by atomic mass is 19.2. The first kappa shape index (κ1) is 23.3. The number of aryl methyl sites for hydroxylation is 1. The van der Waals surface area contributed by atoms with Crippen LogP contribution in [-0.4, -0.2) is 18.9 Å². The second-order valence-corrected chi connectivity index (χ2v) is 8.39. The van der Waals surface area contributed by atoms with Gasteiger partial charge in [0.05, 0.1) is 13.2 Å². The van der Waals surface area contributed by atoms with Gasteiger partial charge in [-0.05, 0) is 36.0 Å². The summed E-state index contributed by atoms with van der Waals surface area (Å²) in [5, 5.41) is 0. The summed E-state index contributed by atoms with van der Waals surface area (Å²) in [4.78, 5) is 0. The van der Waals surface area contributed by atoms with Crippen LogP contribution in [0.15, 0.2) is 73.3 Å². The molecular formula is C28H27F3O2. The van der Waals surface area contributed by atoms with Crippen LogP contribution in [0.2, 0.25) is 0 Å². The fraction of sp³-hybridized carbons (Fsp3) is 0.286. The predicted octanol–water partition coefficient (Wildman–Crippen LogP) is 7.58. The van der Waals surface area contributed by atoms with Crippen molar-refractivity contribution in [2.45, 2.75) is 38.1 Å². The van der Waals surface area contributed by atoms with Crippen molar-refractivity contribution in [1.82, 2.24) is 0 Å². The van der Waals surface area contributed by atoms with Crippen LogP contribution in [-0.2, 0) is 15.9 Å². The van der Waals surface area contributed by atoms with Crippen LogP contribution in [0.4, 0.5) is 13.2 Å². The summed E-state index contributed by atoms with van der Waals surface area (Å²) < 4.78 is 55.2. The molecule has 0 aliphatic carbocycles. The standard InChI is InChI=1S/C28H27F3O2/c1-3-5-6-19-7-9-20(10-8-19)23-15-16-24(26(30)25(23)29)21-11-13-22(14-12-21)27-32-17-28(31,4-2)18-33-27/h3,7-16,27H,1,4-6,17-18H2,2H3. The van der Waals surface area contributed by atoms with E-state index in [2.05, 4.69) is 6.58 Å². The molecule has 0 N–H and O–H groups in total. The number of rotatable bonds is 7. The first-order chi connectivity index (χ1) is 15.9. The molecule has 5 heteroatoms. The van der Waals surface area contributed by atoms with Crippen molar-refractivity contribution in [3.63, 3.8) is 0 Å². The smallest absolute Gasteiger partial charge is 0.184 e. The van der Waals surface area contributed by atoms with E-state index in [1.807, 2.05) is 18.2 Å². The van der Waals surface area contributed by atoms with E-state index in [1.165, 1.54) is 0 Å². The Balaban J connectivity index is 1.52. The highest BCUT2D eigenvalue weighted by molar-refractivity contribution is 5.72. The van der Waals surface area contributed by atoms with Gasteiger partial charge in [0.1, 0.15) is 0 Å². The van der Waals surface area contributed by atoms with Crippen molar-refractivity contribution < 1.29 is 22.6 Å². The van der Waals surface area contributed by atoms with Crippen LogP contribution in [0, 0.1) is 11.6 Å². The summed E-state index contributed by atoms with van der Waals surface area (Å²) >= 11 is 0. The fourth-order valence-electron chi connectivity index (χ4n) is 3.87. The van der Waals surface area contributed by atoms with Crippen molar-refractivity contribution >= 4 is 0 Å². The van der Waals surface area contributed by atoms with Crippen LogP contribution < -0.4 is 0 Å². The van der Waals surface area contributed by atoms with E-state index in [0.29, 0.717) is 23.1 Å². The Kier molecular flexibility index (Phi) is 7.01. The quantitative estimate of drug-likeness (QED) is 0.344. The zero-order valence-electron chi connectivity index (χ0n) is 18.6. The third-order valence-electron chi connectivity index (χ3n) is 6.10. The molecule has 33 heavy (non-hydrogen) atoms. The molecule has 1 aliphatic rings. The van der Waals surface area contributed by atoms with E-state index in [0.717, 1.165) is 18.4 Å². The molecular weight excluding hydrogens is 425 g/mol. The lowest BCUT2D eigenvalue weighted by atomic mass is 9.97. The molecule has 4 rings (SSSR count). The Hall–Kier alpha value is -2.89. The molecule has 0 atom stereocenters. The van der Waals surface area contributed by atoms with Gasteiger partial charge in [0.2, 0.25) is 0 Å². The largest absolute Gasteiger partial charge is 0.345 e. The first-order valence-corrected chi connectivity index (χ1v) is 11.1. The SMILES string of the molecule is C=CCCc1ccc(-c2ccc(-c3ccc(C4OCC(F)(CC)CO4)cc3)c(F)c2F)cc1. The predicted molar refractivity (Wildman–Crippen MR) is 125 cm³/mol. The number of ether oxygens (including phenoxy) is 2. The van der Waals surface area contributed by atoms with Gasteiger partial charge in [-0.1, -0.05) is 73.7 Å². The maximum absolute atomic E-state index is 15.0. The molecule has 0 unspecified atom stereocenters. The molecule has 0 saturated carbocycles. The van der Waals surface area contributed by atoms with E-state index in [1.54, 1.807) is 55.5 Å². The zero-order valence-corrected chi connectivity index (χ0v) is 18.6. The number of hydrogen-bond donors (Lipinski definition) is 0. The van der Waals surface area contributed by atoms with Gasteiger partial charge < -0.3 is 9.47 Å². The van der Waals surface area contributed by atoms with Gasteiger partial charge in [-0.3, -0.25) is 0 Å². The van der Waals surface area contributed by atoms with Gasteiger partial charge in [0.25, 0.3) is 0 Å². The Bertz CT molecular complexity index is 1100. The van der Waals surface area contributed by atoms with Crippen LogP contribution in [0.25, 0.3) is 22.3 Å². The molecule has 0 radical (unpaired) electrons. The van der Waals surface area contributed by atoms with Crippen molar-refractivity contribution in [2.24, 2.45) is 0 Å². The van der Waals surface area contributed by atoms with Crippen LogP contribution >= 0.6 is 0 Å². The van der Waals surface area contributed by atoms with E-state index < -0.39 is 23.6 Å². The second kappa shape index (κ2) is 9.94. The van der Waals surface area contributed by atoms with Crippen molar-refractivity contribution in [3.05, 3.63) is 96.1 Å². The third-order valence-corrected chi connectivity index (χ3v) is 6.10. The highest BCUT2D eigenvalue weighted by Gasteiger charge is 2.35. The number of alkyl halides is 1. The summed E-state index contributed by atoms with van der Waals surface area (Å²) in [6, 6.07) is 17.5. The molecule has 3 aromatic rings. The van der Waals surface area contributed by atoms with E-state index in [4.69, 9.17) is 9.47 Å². The second-order valence-electron chi connectivity index (χ2n) is 8.39. The fourth-order valence-corrected chi connectivity index (χ4v) is 3.87.